The molecule has 2 unspecified atom stereocenters. The van der Waals surface area contributed by atoms with Gasteiger partial charge in [0, 0.05) is 11.9 Å². The largest absolute Gasteiger partial charge is 0.365 e. The molecule has 0 aromatic carbocycles. The summed E-state index contributed by atoms with van der Waals surface area (Å²) in [4.78, 5) is 6.50. The van der Waals surface area contributed by atoms with Gasteiger partial charge in [-0.3, -0.25) is 4.99 Å². The molecule has 1 N–H and O–H groups in total. The van der Waals surface area contributed by atoms with Gasteiger partial charge in [-0.2, -0.15) is 0 Å². The number of hydrogen-bond donors (Lipinski definition) is 1. The zero-order valence-electron chi connectivity index (χ0n) is 10.9. The third kappa shape index (κ3) is 2.36. The van der Waals surface area contributed by atoms with Crippen molar-refractivity contribution in [2.45, 2.75) is 45.9 Å². The first-order valence-electron chi connectivity index (χ1n) is 6.16. The predicted molar refractivity (Wildman–Crippen MR) is 69.4 cm³/mol. The van der Waals surface area contributed by atoms with E-state index in [4.69, 9.17) is 4.74 Å². The van der Waals surface area contributed by atoms with Gasteiger partial charge >= 0.3 is 0 Å². The third-order valence-electron chi connectivity index (χ3n) is 3.42. The summed E-state index contributed by atoms with van der Waals surface area (Å²) >= 11 is 0. The Morgan fingerprint density at radius 2 is 2.35 bits per heavy atom. The molecule has 0 radical (unpaired) electrons. The van der Waals surface area contributed by atoms with Gasteiger partial charge in [0.25, 0.3) is 0 Å². The quantitative estimate of drug-likeness (QED) is 0.762. The number of nitrogens with one attached hydrogen (secondary N) is 1. The van der Waals surface area contributed by atoms with Gasteiger partial charge in [0.05, 0.1) is 24.2 Å². The predicted octanol–water partition coefficient (Wildman–Crippen LogP) is 2.21. The van der Waals surface area contributed by atoms with Gasteiger partial charge in [0.2, 0.25) is 0 Å². The van der Waals surface area contributed by atoms with Crippen LogP contribution in [-0.4, -0.2) is 29.6 Å². The van der Waals surface area contributed by atoms with Crippen LogP contribution in [0.15, 0.2) is 29.2 Å². The first-order chi connectivity index (χ1) is 8.13. The van der Waals surface area contributed by atoms with Crippen molar-refractivity contribution in [3.05, 3.63) is 24.2 Å². The maximum absolute atomic E-state index is 5.90. The van der Waals surface area contributed by atoms with Gasteiger partial charge in [-0.05, 0) is 33.6 Å². The van der Waals surface area contributed by atoms with Crippen molar-refractivity contribution < 1.29 is 4.74 Å². The summed E-state index contributed by atoms with van der Waals surface area (Å²) in [6.07, 6.45) is 4.41. The Morgan fingerprint density at radius 3 is 2.94 bits per heavy atom. The highest BCUT2D eigenvalue weighted by Gasteiger charge is 2.31. The van der Waals surface area contributed by atoms with Gasteiger partial charge in [-0.15, -0.1) is 0 Å². The molecule has 4 heteroatoms. The van der Waals surface area contributed by atoms with Crippen LogP contribution in [0.5, 0.6) is 0 Å². The van der Waals surface area contributed by atoms with Crippen molar-refractivity contribution in [1.82, 2.24) is 10.2 Å². The summed E-state index contributed by atoms with van der Waals surface area (Å²) in [6.45, 7) is 10.7. The van der Waals surface area contributed by atoms with Crippen LogP contribution in [0.3, 0.4) is 0 Å². The number of allylic oxidation sites excluding steroid dienone is 2. The molecule has 1 fully saturated rings. The number of ether oxygens (including phenoxy) is 1. The normalized spacial score (nSPS) is 29.8. The molecule has 4 nitrogen and oxygen atoms in total. The van der Waals surface area contributed by atoms with Gasteiger partial charge in [-0.1, -0.05) is 6.58 Å². The fraction of sp³-hybridized carbons (Fsp3) is 0.615. The number of nitrogens with zero attached hydrogens (tertiary/aromatic N) is 2. The maximum atomic E-state index is 5.90. The molecule has 0 amide bonds. The first kappa shape index (κ1) is 12.2. The molecule has 94 valence electrons. The summed E-state index contributed by atoms with van der Waals surface area (Å²) in [5.74, 6) is 0. The molecule has 2 atom stereocenters. The van der Waals surface area contributed by atoms with Crippen LogP contribution in [0.4, 0.5) is 0 Å². The van der Waals surface area contributed by atoms with E-state index >= 15 is 0 Å². The van der Waals surface area contributed by atoms with Crippen LogP contribution in [-0.2, 0) is 4.74 Å². The average molecular weight is 235 g/mol. The molecule has 2 rings (SSSR count). The average Bonchev–Trinajstić information content (AvgIpc) is 2.85. The SMILES string of the molecule is C=CN=C(C)C1=C(C)N(C2CCC(C)O2)CN1. The van der Waals surface area contributed by atoms with E-state index in [1.165, 1.54) is 5.70 Å². The molecule has 0 aliphatic carbocycles. The number of hydrogen-bond acceptors (Lipinski definition) is 4. The molecular weight excluding hydrogens is 214 g/mol. The standard InChI is InChI=1S/C13H21N3O/c1-5-14-10(3)13-11(4)16(8-15-13)12-7-6-9(2)17-12/h5,9,12,15H,1,6-8H2,2-4H3. The minimum atomic E-state index is 0.214. The minimum absolute atomic E-state index is 0.214. The van der Waals surface area contributed by atoms with Crippen LogP contribution in [0.1, 0.15) is 33.6 Å². The highest BCUT2D eigenvalue weighted by atomic mass is 16.5. The maximum Gasteiger partial charge on any atom is 0.131 e. The Kier molecular flexibility index (Phi) is 3.52. The minimum Gasteiger partial charge on any atom is -0.365 e. The molecule has 0 aromatic heterocycles. The molecule has 2 heterocycles. The Balaban J connectivity index is 2.13. The lowest BCUT2D eigenvalue weighted by atomic mass is 10.2. The van der Waals surface area contributed by atoms with E-state index in [0.29, 0.717) is 6.10 Å². The highest BCUT2D eigenvalue weighted by Crippen LogP contribution is 2.28. The lowest BCUT2D eigenvalue weighted by Crippen LogP contribution is -2.34. The lowest BCUT2D eigenvalue weighted by molar-refractivity contribution is -0.0292. The summed E-state index contributed by atoms with van der Waals surface area (Å²) in [6, 6.07) is 0. The molecule has 2 aliphatic rings. The van der Waals surface area contributed by atoms with Crippen molar-refractivity contribution >= 4 is 5.71 Å². The second kappa shape index (κ2) is 4.92. The Bertz CT molecular complexity index is 373. The van der Waals surface area contributed by atoms with E-state index in [0.717, 1.165) is 30.9 Å². The molecule has 0 spiro atoms. The van der Waals surface area contributed by atoms with Crippen molar-refractivity contribution in [1.29, 1.82) is 0 Å². The Hall–Kier alpha value is -1.29. The van der Waals surface area contributed by atoms with Crippen LogP contribution in [0.25, 0.3) is 0 Å². The molecule has 0 aromatic rings. The smallest absolute Gasteiger partial charge is 0.131 e. The second-order valence-electron chi connectivity index (χ2n) is 4.64. The molecule has 0 bridgehead atoms. The summed E-state index contributed by atoms with van der Waals surface area (Å²) < 4.78 is 5.90. The summed E-state index contributed by atoms with van der Waals surface area (Å²) in [5.41, 5.74) is 3.30. The van der Waals surface area contributed by atoms with Gasteiger partial charge < -0.3 is 15.0 Å². The van der Waals surface area contributed by atoms with E-state index in [-0.39, 0.29) is 6.23 Å². The Labute approximate surface area is 103 Å². The molecule has 2 aliphatic heterocycles. The van der Waals surface area contributed by atoms with E-state index in [1.54, 1.807) is 6.20 Å². The van der Waals surface area contributed by atoms with E-state index in [1.807, 2.05) is 6.92 Å². The van der Waals surface area contributed by atoms with E-state index < -0.39 is 0 Å². The van der Waals surface area contributed by atoms with Crippen molar-refractivity contribution in [3.63, 3.8) is 0 Å². The van der Waals surface area contributed by atoms with Crippen molar-refractivity contribution in [2.24, 2.45) is 4.99 Å². The number of rotatable bonds is 3. The Morgan fingerprint density at radius 1 is 1.59 bits per heavy atom. The highest BCUT2D eigenvalue weighted by molar-refractivity contribution is 5.98. The monoisotopic (exact) mass is 235 g/mol. The molecule has 1 saturated heterocycles. The van der Waals surface area contributed by atoms with Gasteiger partial charge in [0.15, 0.2) is 0 Å². The molecular formula is C13H21N3O. The van der Waals surface area contributed by atoms with Crippen molar-refractivity contribution in [2.75, 3.05) is 6.67 Å². The second-order valence-corrected chi connectivity index (χ2v) is 4.64. The third-order valence-corrected chi connectivity index (χ3v) is 3.42. The van der Waals surface area contributed by atoms with Gasteiger partial charge in [0.1, 0.15) is 6.23 Å². The molecule has 0 saturated carbocycles. The van der Waals surface area contributed by atoms with E-state index in [9.17, 15) is 0 Å². The summed E-state index contributed by atoms with van der Waals surface area (Å²) in [5, 5.41) is 3.38. The zero-order valence-corrected chi connectivity index (χ0v) is 10.9. The van der Waals surface area contributed by atoms with Crippen molar-refractivity contribution in [3.8, 4) is 0 Å². The van der Waals surface area contributed by atoms with Crippen LogP contribution in [0.2, 0.25) is 0 Å². The first-order valence-corrected chi connectivity index (χ1v) is 6.16. The fourth-order valence-electron chi connectivity index (χ4n) is 2.47. The van der Waals surface area contributed by atoms with Crippen LogP contribution in [0, 0.1) is 0 Å². The lowest BCUT2D eigenvalue weighted by Gasteiger charge is -2.26. The van der Waals surface area contributed by atoms with Crippen LogP contribution >= 0.6 is 0 Å². The molecule has 17 heavy (non-hydrogen) atoms. The fourth-order valence-corrected chi connectivity index (χ4v) is 2.47. The topological polar surface area (TPSA) is 36.9 Å². The van der Waals surface area contributed by atoms with Gasteiger partial charge in [-0.25, -0.2) is 0 Å². The zero-order chi connectivity index (χ0) is 12.4. The van der Waals surface area contributed by atoms with Crippen LogP contribution < -0.4 is 5.32 Å². The summed E-state index contributed by atoms with van der Waals surface area (Å²) in [7, 11) is 0. The van der Waals surface area contributed by atoms with E-state index in [2.05, 4.69) is 35.6 Å². The number of aliphatic imine (C=N–C) groups is 1.